The van der Waals surface area contributed by atoms with E-state index in [1.807, 2.05) is 54.6 Å². The Labute approximate surface area is 177 Å². The average Bonchev–Trinajstić information content (AvgIpc) is 3.17. The summed E-state index contributed by atoms with van der Waals surface area (Å²) in [6.45, 7) is 0. The predicted octanol–water partition coefficient (Wildman–Crippen LogP) is 7.52. The maximum absolute atomic E-state index is 6.18. The molecule has 142 valence electrons. The van der Waals surface area contributed by atoms with E-state index in [0.29, 0.717) is 0 Å². The van der Waals surface area contributed by atoms with Crippen LogP contribution in [-0.2, 0) is 0 Å². The van der Waals surface area contributed by atoms with Crippen LogP contribution in [0, 0.1) is 0 Å². The van der Waals surface area contributed by atoms with Crippen molar-refractivity contribution in [3.63, 3.8) is 0 Å². The monoisotopic (exact) mass is 406 g/mol. The van der Waals surface area contributed by atoms with E-state index in [1.165, 1.54) is 0 Å². The van der Waals surface area contributed by atoms with Crippen LogP contribution in [0.1, 0.15) is 0 Å². The average molecular weight is 407 g/mol. The van der Waals surface area contributed by atoms with Gasteiger partial charge in [-0.3, -0.25) is 0 Å². The third-order valence-electron chi connectivity index (χ3n) is 5.45. The maximum atomic E-state index is 6.18. The van der Waals surface area contributed by atoms with Crippen molar-refractivity contribution in [3.8, 4) is 22.4 Å². The molecule has 6 aromatic rings. The van der Waals surface area contributed by atoms with E-state index in [4.69, 9.17) is 16.0 Å². The summed E-state index contributed by atoms with van der Waals surface area (Å²) in [5, 5.41) is 3.50. The van der Waals surface area contributed by atoms with Crippen molar-refractivity contribution in [2.45, 2.75) is 0 Å². The number of nitrogens with zero attached hydrogens (tertiary/aromatic N) is 2. The van der Waals surface area contributed by atoms with Crippen molar-refractivity contribution in [3.05, 3.63) is 96.3 Å². The van der Waals surface area contributed by atoms with E-state index < -0.39 is 0 Å². The van der Waals surface area contributed by atoms with Gasteiger partial charge in [0.2, 0.25) is 5.28 Å². The second-order valence-electron chi connectivity index (χ2n) is 7.21. The van der Waals surface area contributed by atoms with Gasteiger partial charge in [0.15, 0.2) is 0 Å². The standard InChI is InChI=1S/C26H15ClN2O/c27-26-28-21-9-3-1-6-19(21)25(29-26)17-14-12-16(13-15-17)18-8-5-11-23-24(18)20-7-2-4-10-22(20)30-23/h1-15H. The molecule has 30 heavy (non-hydrogen) atoms. The summed E-state index contributed by atoms with van der Waals surface area (Å²) in [6, 6.07) is 30.7. The third-order valence-corrected chi connectivity index (χ3v) is 5.62. The fraction of sp³-hybridized carbons (Fsp3) is 0. The third kappa shape index (κ3) is 2.67. The van der Waals surface area contributed by atoms with Crippen LogP contribution in [0.2, 0.25) is 5.28 Å². The fourth-order valence-corrected chi connectivity index (χ4v) is 4.27. The fourth-order valence-electron chi connectivity index (χ4n) is 4.09. The van der Waals surface area contributed by atoms with Gasteiger partial charge in [-0.2, -0.15) is 0 Å². The van der Waals surface area contributed by atoms with Gasteiger partial charge in [0.05, 0.1) is 11.2 Å². The van der Waals surface area contributed by atoms with E-state index in [-0.39, 0.29) is 5.28 Å². The second-order valence-corrected chi connectivity index (χ2v) is 7.55. The number of halogens is 1. The minimum Gasteiger partial charge on any atom is -0.456 e. The van der Waals surface area contributed by atoms with Gasteiger partial charge in [0.25, 0.3) is 0 Å². The molecule has 0 aliphatic rings. The lowest BCUT2D eigenvalue weighted by atomic mass is 9.97. The zero-order chi connectivity index (χ0) is 20.1. The van der Waals surface area contributed by atoms with Gasteiger partial charge in [-0.05, 0) is 40.9 Å². The molecule has 0 radical (unpaired) electrons. The Morgan fingerprint density at radius 2 is 1.30 bits per heavy atom. The van der Waals surface area contributed by atoms with E-state index in [9.17, 15) is 0 Å². The topological polar surface area (TPSA) is 38.9 Å². The van der Waals surface area contributed by atoms with E-state index in [1.54, 1.807) is 0 Å². The summed E-state index contributed by atoms with van der Waals surface area (Å²) in [5.41, 5.74) is 6.75. The van der Waals surface area contributed by atoms with Crippen molar-refractivity contribution in [1.29, 1.82) is 0 Å². The zero-order valence-corrected chi connectivity index (χ0v) is 16.6. The van der Waals surface area contributed by atoms with Crippen LogP contribution in [-0.4, -0.2) is 9.97 Å². The number of aromatic nitrogens is 2. The highest BCUT2D eigenvalue weighted by Gasteiger charge is 2.13. The molecular weight excluding hydrogens is 392 g/mol. The number of furan rings is 1. The van der Waals surface area contributed by atoms with Gasteiger partial charge in [-0.1, -0.05) is 72.8 Å². The molecule has 0 saturated carbocycles. The summed E-state index contributed by atoms with van der Waals surface area (Å²) in [7, 11) is 0. The van der Waals surface area contributed by atoms with Crippen LogP contribution < -0.4 is 0 Å². The molecule has 0 saturated heterocycles. The Bertz CT molecular complexity index is 1550. The van der Waals surface area contributed by atoms with Crippen LogP contribution in [0.5, 0.6) is 0 Å². The molecule has 0 bridgehead atoms. The Balaban J connectivity index is 1.52. The number of hydrogen-bond donors (Lipinski definition) is 0. The summed E-state index contributed by atoms with van der Waals surface area (Å²) >= 11 is 6.18. The Morgan fingerprint density at radius 1 is 0.600 bits per heavy atom. The van der Waals surface area contributed by atoms with Gasteiger partial charge in [-0.15, -0.1) is 0 Å². The molecule has 2 heterocycles. The highest BCUT2D eigenvalue weighted by atomic mass is 35.5. The Kier molecular flexibility index (Phi) is 3.83. The molecule has 2 aromatic heterocycles. The molecule has 3 nitrogen and oxygen atoms in total. The lowest BCUT2D eigenvalue weighted by Gasteiger charge is -2.08. The number of rotatable bonds is 2. The molecule has 0 amide bonds. The number of para-hydroxylation sites is 2. The first-order valence-corrected chi connectivity index (χ1v) is 10.1. The van der Waals surface area contributed by atoms with Crippen molar-refractivity contribution in [2.24, 2.45) is 0 Å². The van der Waals surface area contributed by atoms with Crippen molar-refractivity contribution < 1.29 is 4.42 Å². The molecular formula is C26H15ClN2O. The Hall–Kier alpha value is -3.69. The SMILES string of the molecule is Clc1nc(-c2ccc(-c3cccc4oc5ccccc5c34)cc2)c2ccccc2n1. The van der Waals surface area contributed by atoms with Gasteiger partial charge in [-0.25, -0.2) is 9.97 Å². The largest absolute Gasteiger partial charge is 0.456 e. The van der Waals surface area contributed by atoms with E-state index in [0.717, 1.165) is 55.2 Å². The van der Waals surface area contributed by atoms with Gasteiger partial charge in [0, 0.05) is 21.7 Å². The smallest absolute Gasteiger partial charge is 0.223 e. The number of benzene rings is 4. The minimum atomic E-state index is 0.252. The molecule has 0 spiro atoms. The first-order valence-electron chi connectivity index (χ1n) is 9.71. The van der Waals surface area contributed by atoms with Crippen molar-refractivity contribution in [1.82, 2.24) is 9.97 Å². The number of fused-ring (bicyclic) bond motifs is 4. The maximum Gasteiger partial charge on any atom is 0.223 e. The van der Waals surface area contributed by atoms with Crippen LogP contribution in [0.4, 0.5) is 0 Å². The van der Waals surface area contributed by atoms with Crippen LogP contribution in [0.25, 0.3) is 55.2 Å². The zero-order valence-electron chi connectivity index (χ0n) is 15.8. The Morgan fingerprint density at radius 3 is 2.17 bits per heavy atom. The van der Waals surface area contributed by atoms with Crippen LogP contribution in [0.15, 0.2) is 95.4 Å². The second kappa shape index (κ2) is 6.68. The summed E-state index contributed by atoms with van der Waals surface area (Å²) < 4.78 is 6.04. The molecule has 4 aromatic carbocycles. The van der Waals surface area contributed by atoms with Crippen LogP contribution >= 0.6 is 11.6 Å². The van der Waals surface area contributed by atoms with Crippen molar-refractivity contribution >= 4 is 44.4 Å². The van der Waals surface area contributed by atoms with Gasteiger partial charge >= 0.3 is 0 Å². The first kappa shape index (κ1) is 17.2. The van der Waals surface area contributed by atoms with E-state index >= 15 is 0 Å². The van der Waals surface area contributed by atoms with Gasteiger partial charge in [0.1, 0.15) is 11.2 Å². The highest BCUT2D eigenvalue weighted by molar-refractivity contribution is 6.28. The molecule has 0 N–H and O–H groups in total. The highest BCUT2D eigenvalue weighted by Crippen LogP contribution is 2.37. The lowest BCUT2D eigenvalue weighted by Crippen LogP contribution is -1.91. The first-order chi connectivity index (χ1) is 14.8. The number of hydrogen-bond acceptors (Lipinski definition) is 3. The summed E-state index contributed by atoms with van der Waals surface area (Å²) in [6.07, 6.45) is 0. The predicted molar refractivity (Wildman–Crippen MR) is 123 cm³/mol. The minimum absolute atomic E-state index is 0.252. The van der Waals surface area contributed by atoms with Crippen molar-refractivity contribution in [2.75, 3.05) is 0 Å². The molecule has 0 atom stereocenters. The van der Waals surface area contributed by atoms with E-state index in [2.05, 4.69) is 46.4 Å². The molecule has 6 rings (SSSR count). The molecule has 0 aliphatic carbocycles. The molecule has 4 heteroatoms. The summed E-state index contributed by atoms with van der Waals surface area (Å²) in [4.78, 5) is 8.82. The molecule has 0 aliphatic heterocycles. The van der Waals surface area contributed by atoms with Crippen LogP contribution in [0.3, 0.4) is 0 Å². The molecule has 0 unspecified atom stereocenters. The quantitative estimate of drug-likeness (QED) is 0.279. The normalized spacial score (nSPS) is 11.5. The summed E-state index contributed by atoms with van der Waals surface area (Å²) in [5.74, 6) is 0. The molecule has 0 fully saturated rings. The lowest BCUT2D eigenvalue weighted by molar-refractivity contribution is 0.669. The van der Waals surface area contributed by atoms with Gasteiger partial charge < -0.3 is 4.42 Å².